The summed E-state index contributed by atoms with van der Waals surface area (Å²) in [5.41, 5.74) is 1.49. The van der Waals surface area contributed by atoms with E-state index in [0.717, 1.165) is 21.7 Å². The van der Waals surface area contributed by atoms with Gasteiger partial charge in [0.05, 0.1) is 17.6 Å². The van der Waals surface area contributed by atoms with Gasteiger partial charge in [-0.15, -0.1) is 0 Å². The van der Waals surface area contributed by atoms with Crippen molar-refractivity contribution in [1.29, 1.82) is 0 Å². The van der Waals surface area contributed by atoms with Crippen molar-refractivity contribution in [2.75, 3.05) is 5.32 Å². The van der Waals surface area contributed by atoms with E-state index in [0.29, 0.717) is 5.58 Å². The molecule has 4 aromatic rings. The molecule has 0 fully saturated rings. The summed E-state index contributed by atoms with van der Waals surface area (Å²) in [4.78, 5) is 23.0. The van der Waals surface area contributed by atoms with Gasteiger partial charge in [0, 0.05) is 17.0 Å². The number of hydrogen-bond acceptors (Lipinski definition) is 4. The van der Waals surface area contributed by atoms with E-state index < -0.39 is 4.92 Å². The number of fused-ring (bicyclic) bond motifs is 3. The van der Waals surface area contributed by atoms with Crippen LogP contribution in [0.5, 0.6) is 0 Å². The van der Waals surface area contributed by atoms with E-state index in [-0.39, 0.29) is 23.7 Å². The van der Waals surface area contributed by atoms with E-state index in [4.69, 9.17) is 4.42 Å². The van der Waals surface area contributed by atoms with Gasteiger partial charge >= 0.3 is 0 Å². The molecule has 3 aromatic carbocycles. The minimum atomic E-state index is -0.517. The SMILES string of the molecule is O=C(Cc1coc2ccc3ccccc3c12)Nc1ccccc1[N+](=O)[O-]. The third-order valence-corrected chi connectivity index (χ3v) is 4.27. The fraction of sp³-hybridized carbons (Fsp3) is 0.0500. The quantitative estimate of drug-likeness (QED) is 0.429. The average molecular weight is 346 g/mol. The first-order valence-electron chi connectivity index (χ1n) is 8.04. The van der Waals surface area contributed by atoms with Gasteiger partial charge in [0.15, 0.2) is 0 Å². The number of nitrogens with one attached hydrogen (secondary N) is 1. The Morgan fingerprint density at radius 2 is 1.81 bits per heavy atom. The van der Waals surface area contributed by atoms with Gasteiger partial charge in [-0.2, -0.15) is 0 Å². The first-order valence-corrected chi connectivity index (χ1v) is 8.04. The minimum absolute atomic E-state index is 0.0626. The smallest absolute Gasteiger partial charge is 0.292 e. The second-order valence-corrected chi connectivity index (χ2v) is 5.92. The summed E-state index contributed by atoms with van der Waals surface area (Å²) in [5, 5.41) is 16.7. The number of anilines is 1. The van der Waals surface area contributed by atoms with Crippen molar-refractivity contribution < 1.29 is 14.1 Å². The zero-order chi connectivity index (χ0) is 18.1. The highest BCUT2D eigenvalue weighted by Crippen LogP contribution is 2.30. The lowest BCUT2D eigenvalue weighted by molar-refractivity contribution is -0.383. The van der Waals surface area contributed by atoms with Crippen LogP contribution in [0.3, 0.4) is 0 Å². The Morgan fingerprint density at radius 3 is 2.65 bits per heavy atom. The molecule has 0 bridgehead atoms. The van der Waals surface area contributed by atoms with Gasteiger partial charge in [0.1, 0.15) is 11.3 Å². The van der Waals surface area contributed by atoms with Crippen molar-refractivity contribution >= 4 is 39.0 Å². The third kappa shape index (κ3) is 2.77. The lowest BCUT2D eigenvalue weighted by atomic mass is 10.0. The van der Waals surface area contributed by atoms with E-state index >= 15 is 0 Å². The standard InChI is InChI=1S/C20H14N2O4/c23-19(21-16-7-3-4-8-17(16)22(24)25)11-14-12-26-18-10-9-13-5-1-2-6-15(13)20(14)18/h1-10,12H,11H2,(H,21,23). The molecule has 1 aromatic heterocycles. The van der Waals surface area contributed by atoms with Crippen LogP contribution in [0.15, 0.2) is 71.3 Å². The Hall–Kier alpha value is -3.67. The molecular formula is C20H14N2O4. The van der Waals surface area contributed by atoms with Crippen LogP contribution in [0.2, 0.25) is 0 Å². The van der Waals surface area contributed by atoms with Crippen LogP contribution < -0.4 is 5.32 Å². The van der Waals surface area contributed by atoms with Crippen LogP contribution >= 0.6 is 0 Å². The average Bonchev–Trinajstić information content (AvgIpc) is 3.05. The van der Waals surface area contributed by atoms with Crippen molar-refractivity contribution in [3.63, 3.8) is 0 Å². The molecule has 0 radical (unpaired) electrons. The normalized spacial score (nSPS) is 10.9. The molecular weight excluding hydrogens is 332 g/mol. The second-order valence-electron chi connectivity index (χ2n) is 5.92. The van der Waals surface area contributed by atoms with E-state index in [9.17, 15) is 14.9 Å². The monoisotopic (exact) mass is 346 g/mol. The Morgan fingerprint density at radius 1 is 1.04 bits per heavy atom. The van der Waals surface area contributed by atoms with Gasteiger partial charge in [-0.1, -0.05) is 42.5 Å². The fourth-order valence-corrected chi connectivity index (χ4v) is 3.11. The predicted molar refractivity (Wildman–Crippen MR) is 99.2 cm³/mol. The molecule has 6 nitrogen and oxygen atoms in total. The predicted octanol–water partition coefficient (Wildman–Crippen LogP) is 4.68. The lowest BCUT2D eigenvalue weighted by Crippen LogP contribution is -2.15. The molecule has 0 spiro atoms. The Bertz CT molecular complexity index is 1150. The summed E-state index contributed by atoms with van der Waals surface area (Å²) in [6, 6.07) is 17.8. The van der Waals surface area contributed by atoms with E-state index in [1.807, 2.05) is 36.4 Å². The molecule has 0 aliphatic carbocycles. The number of amides is 1. The number of nitro benzene ring substituents is 1. The maximum Gasteiger partial charge on any atom is 0.292 e. The molecule has 1 amide bonds. The van der Waals surface area contributed by atoms with Crippen LogP contribution in [0, 0.1) is 10.1 Å². The molecule has 0 aliphatic rings. The van der Waals surface area contributed by atoms with Crippen molar-refractivity contribution in [2.45, 2.75) is 6.42 Å². The lowest BCUT2D eigenvalue weighted by Gasteiger charge is -2.06. The molecule has 0 atom stereocenters. The van der Waals surface area contributed by atoms with Gasteiger partial charge in [0.2, 0.25) is 5.91 Å². The summed E-state index contributed by atoms with van der Waals surface area (Å²) < 4.78 is 5.58. The largest absolute Gasteiger partial charge is 0.464 e. The number of carbonyl (C=O) groups is 1. The summed E-state index contributed by atoms with van der Waals surface area (Å²) in [6.07, 6.45) is 1.63. The molecule has 4 rings (SSSR count). The Balaban J connectivity index is 1.67. The Kier molecular flexibility index (Phi) is 3.85. The van der Waals surface area contributed by atoms with Crippen LogP contribution in [-0.4, -0.2) is 10.8 Å². The first kappa shape index (κ1) is 15.8. The maximum atomic E-state index is 12.5. The zero-order valence-corrected chi connectivity index (χ0v) is 13.6. The van der Waals surface area contributed by atoms with Gasteiger partial charge in [-0.3, -0.25) is 14.9 Å². The molecule has 0 saturated carbocycles. The van der Waals surface area contributed by atoms with E-state index in [1.165, 1.54) is 12.1 Å². The number of rotatable bonds is 4. The number of nitro groups is 1. The molecule has 1 N–H and O–H groups in total. The summed E-state index contributed by atoms with van der Waals surface area (Å²) in [7, 11) is 0. The Labute approximate surface area is 148 Å². The number of hydrogen-bond donors (Lipinski definition) is 1. The molecule has 1 heterocycles. The van der Waals surface area contributed by atoms with Crippen LogP contribution in [0.4, 0.5) is 11.4 Å². The highest BCUT2D eigenvalue weighted by atomic mass is 16.6. The molecule has 0 saturated heterocycles. The third-order valence-electron chi connectivity index (χ3n) is 4.27. The van der Waals surface area contributed by atoms with E-state index in [2.05, 4.69) is 5.32 Å². The van der Waals surface area contributed by atoms with E-state index in [1.54, 1.807) is 18.4 Å². The van der Waals surface area contributed by atoms with Crippen molar-refractivity contribution in [3.8, 4) is 0 Å². The second kappa shape index (κ2) is 6.33. The number of furan rings is 1. The van der Waals surface area contributed by atoms with Crippen LogP contribution in [0.1, 0.15) is 5.56 Å². The fourth-order valence-electron chi connectivity index (χ4n) is 3.11. The highest BCUT2D eigenvalue weighted by molar-refractivity contribution is 6.09. The topological polar surface area (TPSA) is 85.4 Å². The minimum Gasteiger partial charge on any atom is -0.464 e. The summed E-state index contributed by atoms with van der Waals surface area (Å²) >= 11 is 0. The van der Waals surface area contributed by atoms with Gasteiger partial charge < -0.3 is 9.73 Å². The molecule has 0 aliphatic heterocycles. The molecule has 26 heavy (non-hydrogen) atoms. The number of nitrogens with zero attached hydrogens (tertiary/aromatic N) is 1. The van der Waals surface area contributed by atoms with Crippen LogP contribution in [-0.2, 0) is 11.2 Å². The molecule has 6 heteroatoms. The number of carbonyl (C=O) groups excluding carboxylic acids is 1. The summed E-state index contributed by atoms with van der Waals surface area (Å²) in [6.45, 7) is 0. The molecule has 0 unspecified atom stereocenters. The summed E-state index contributed by atoms with van der Waals surface area (Å²) in [5.74, 6) is -0.338. The zero-order valence-electron chi connectivity index (χ0n) is 13.6. The number of para-hydroxylation sites is 2. The van der Waals surface area contributed by atoms with Crippen molar-refractivity contribution in [3.05, 3.63) is 82.6 Å². The van der Waals surface area contributed by atoms with Crippen LogP contribution in [0.25, 0.3) is 21.7 Å². The van der Waals surface area contributed by atoms with Gasteiger partial charge in [-0.05, 0) is 22.9 Å². The van der Waals surface area contributed by atoms with Gasteiger partial charge in [-0.25, -0.2) is 0 Å². The number of benzene rings is 3. The maximum absolute atomic E-state index is 12.5. The van der Waals surface area contributed by atoms with Gasteiger partial charge in [0.25, 0.3) is 5.69 Å². The van der Waals surface area contributed by atoms with Crippen molar-refractivity contribution in [2.24, 2.45) is 0 Å². The van der Waals surface area contributed by atoms with Crippen molar-refractivity contribution in [1.82, 2.24) is 0 Å². The molecule has 128 valence electrons. The first-order chi connectivity index (χ1) is 12.6. The highest BCUT2D eigenvalue weighted by Gasteiger charge is 2.17.